The molecule has 0 bridgehead atoms. The maximum atomic E-state index is 13.3. The Morgan fingerprint density at radius 2 is 2.32 bits per heavy atom. The first-order valence-electron chi connectivity index (χ1n) is 7.94. The fourth-order valence-corrected chi connectivity index (χ4v) is 3.63. The molecule has 0 spiro atoms. The number of hydrogen-bond donors (Lipinski definition) is 1. The smallest absolute Gasteiger partial charge is 0.226 e. The Morgan fingerprint density at radius 1 is 1.36 bits per heavy atom. The third-order valence-electron chi connectivity index (χ3n) is 4.75. The Morgan fingerprint density at radius 3 is 3.23 bits per heavy atom. The summed E-state index contributed by atoms with van der Waals surface area (Å²) in [6, 6.07) is 7.07. The molecule has 4 rings (SSSR count). The van der Waals surface area contributed by atoms with Crippen LogP contribution in [-0.4, -0.2) is 35.6 Å². The number of halogens is 1. The molecule has 0 aliphatic carbocycles. The molecule has 0 saturated carbocycles. The van der Waals surface area contributed by atoms with Crippen LogP contribution >= 0.6 is 0 Å². The Hall–Kier alpha value is -1.72. The van der Waals surface area contributed by atoms with Crippen LogP contribution in [0.3, 0.4) is 0 Å². The van der Waals surface area contributed by atoms with E-state index in [0.717, 1.165) is 37.8 Å². The molecule has 2 fully saturated rings. The van der Waals surface area contributed by atoms with Gasteiger partial charge in [-0.1, -0.05) is 6.07 Å². The topological polar surface area (TPSA) is 41.3 Å². The zero-order valence-corrected chi connectivity index (χ0v) is 12.5. The number of likely N-dealkylation sites (tertiary alicyclic amines) is 1. The van der Waals surface area contributed by atoms with Gasteiger partial charge in [-0.25, -0.2) is 9.37 Å². The molecule has 116 valence electrons. The van der Waals surface area contributed by atoms with Gasteiger partial charge < -0.3 is 9.73 Å². The van der Waals surface area contributed by atoms with Crippen molar-refractivity contribution in [1.82, 2.24) is 15.2 Å². The van der Waals surface area contributed by atoms with Gasteiger partial charge in [-0.3, -0.25) is 4.90 Å². The van der Waals surface area contributed by atoms with E-state index in [4.69, 9.17) is 4.42 Å². The van der Waals surface area contributed by atoms with Crippen molar-refractivity contribution in [3.8, 4) is 11.5 Å². The highest BCUT2D eigenvalue weighted by Gasteiger charge is 2.32. The lowest BCUT2D eigenvalue weighted by Crippen LogP contribution is -2.43. The first kappa shape index (κ1) is 13.9. The maximum Gasteiger partial charge on any atom is 0.226 e. The van der Waals surface area contributed by atoms with Gasteiger partial charge in [0.1, 0.15) is 12.1 Å². The van der Waals surface area contributed by atoms with E-state index in [1.54, 1.807) is 12.3 Å². The summed E-state index contributed by atoms with van der Waals surface area (Å²) in [7, 11) is 0. The number of nitrogens with zero attached hydrogens (tertiary/aromatic N) is 2. The molecular formula is C17H20FN3O. The number of oxazole rings is 1. The standard InChI is InChI=1S/C17H20FN3O/c18-14-3-1-2-12(8-14)17-20-15(11-22-17)10-21-7-5-16-13(9-21)4-6-19-16/h1-3,8,11,13,16,19H,4-7,9-10H2. The second-order valence-corrected chi connectivity index (χ2v) is 6.29. The first-order chi connectivity index (χ1) is 10.8. The van der Waals surface area contributed by atoms with Crippen LogP contribution in [0.1, 0.15) is 18.5 Å². The molecule has 22 heavy (non-hydrogen) atoms. The molecule has 2 aliphatic rings. The van der Waals surface area contributed by atoms with E-state index in [9.17, 15) is 4.39 Å². The van der Waals surface area contributed by atoms with Gasteiger partial charge in [-0.2, -0.15) is 0 Å². The lowest BCUT2D eigenvalue weighted by molar-refractivity contribution is 0.154. The van der Waals surface area contributed by atoms with E-state index in [1.807, 2.05) is 6.07 Å². The second-order valence-electron chi connectivity index (χ2n) is 6.29. The van der Waals surface area contributed by atoms with Crippen LogP contribution < -0.4 is 5.32 Å². The van der Waals surface area contributed by atoms with Crippen molar-refractivity contribution in [3.63, 3.8) is 0 Å². The normalized spacial score (nSPS) is 25.3. The zero-order chi connectivity index (χ0) is 14.9. The monoisotopic (exact) mass is 301 g/mol. The van der Waals surface area contributed by atoms with Gasteiger partial charge in [-0.15, -0.1) is 0 Å². The third kappa shape index (κ3) is 2.78. The van der Waals surface area contributed by atoms with Crippen molar-refractivity contribution in [1.29, 1.82) is 0 Å². The van der Waals surface area contributed by atoms with Crippen molar-refractivity contribution in [2.75, 3.05) is 19.6 Å². The van der Waals surface area contributed by atoms with E-state index in [0.29, 0.717) is 17.5 Å². The van der Waals surface area contributed by atoms with E-state index in [2.05, 4.69) is 15.2 Å². The molecule has 2 saturated heterocycles. The minimum absolute atomic E-state index is 0.270. The molecule has 4 nitrogen and oxygen atoms in total. The van der Waals surface area contributed by atoms with Gasteiger partial charge in [0.15, 0.2) is 0 Å². The Bertz CT molecular complexity index is 657. The average Bonchev–Trinajstić information content (AvgIpc) is 3.16. The highest BCUT2D eigenvalue weighted by Crippen LogP contribution is 2.26. The Kier molecular flexibility index (Phi) is 3.68. The fourth-order valence-electron chi connectivity index (χ4n) is 3.63. The summed E-state index contributed by atoms with van der Waals surface area (Å²) >= 11 is 0. The second kappa shape index (κ2) is 5.82. The van der Waals surface area contributed by atoms with Crippen LogP contribution in [0.15, 0.2) is 34.9 Å². The van der Waals surface area contributed by atoms with E-state index in [1.165, 1.54) is 25.0 Å². The maximum absolute atomic E-state index is 13.3. The fraction of sp³-hybridized carbons (Fsp3) is 0.471. The number of piperidine rings is 1. The van der Waals surface area contributed by atoms with Crippen LogP contribution in [0.4, 0.5) is 4.39 Å². The average molecular weight is 301 g/mol. The van der Waals surface area contributed by atoms with Gasteiger partial charge >= 0.3 is 0 Å². The SMILES string of the molecule is Fc1cccc(-c2nc(CN3CCC4NCCC4C3)co2)c1. The van der Waals surface area contributed by atoms with Gasteiger partial charge in [0, 0.05) is 31.2 Å². The minimum Gasteiger partial charge on any atom is -0.444 e. The van der Waals surface area contributed by atoms with Gasteiger partial charge in [0.05, 0.1) is 5.69 Å². The van der Waals surface area contributed by atoms with E-state index < -0.39 is 0 Å². The zero-order valence-electron chi connectivity index (χ0n) is 12.5. The van der Waals surface area contributed by atoms with Crippen LogP contribution in [0.5, 0.6) is 0 Å². The summed E-state index contributed by atoms with van der Waals surface area (Å²) in [6.07, 6.45) is 4.17. The van der Waals surface area contributed by atoms with Crippen molar-refractivity contribution in [2.45, 2.75) is 25.4 Å². The van der Waals surface area contributed by atoms with Crippen LogP contribution in [0, 0.1) is 11.7 Å². The molecule has 2 atom stereocenters. The summed E-state index contributed by atoms with van der Waals surface area (Å²) in [4.78, 5) is 6.96. The predicted molar refractivity (Wildman–Crippen MR) is 81.7 cm³/mol. The van der Waals surface area contributed by atoms with E-state index >= 15 is 0 Å². The molecule has 3 heterocycles. The molecular weight excluding hydrogens is 281 g/mol. The first-order valence-corrected chi connectivity index (χ1v) is 7.94. The molecule has 1 aromatic carbocycles. The quantitative estimate of drug-likeness (QED) is 0.946. The third-order valence-corrected chi connectivity index (χ3v) is 4.75. The number of hydrogen-bond acceptors (Lipinski definition) is 4. The van der Waals surface area contributed by atoms with Gasteiger partial charge in [0.2, 0.25) is 5.89 Å². The summed E-state index contributed by atoms with van der Waals surface area (Å²) in [5.74, 6) is 0.989. The number of benzene rings is 1. The molecule has 1 N–H and O–H groups in total. The molecule has 1 aromatic heterocycles. The van der Waals surface area contributed by atoms with Crippen molar-refractivity contribution in [3.05, 3.63) is 42.0 Å². The lowest BCUT2D eigenvalue weighted by atomic mass is 9.93. The van der Waals surface area contributed by atoms with Crippen LogP contribution in [-0.2, 0) is 6.54 Å². The number of nitrogens with one attached hydrogen (secondary N) is 1. The largest absolute Gasteiger partial charge is 0.444 e. The van der Waals surface area contributed by atoms with Crippen LogP contribution in [0.2, 0.25) is 0 Å². The van der Waals surface area contributed by atoms with Gasteiger partial charge in [0.25, 0.3) is 0 Å². The molecule has 2 unspecified atom stereocenters. The number of aromatic nitrogens is 1. The Labute approximate surface area is 129 Å². The highest BCUT2D eigenvalue weighted by atomic mass is 19.1. The van der Waals surface area contributed by atoms with E-state index in [-0.39, 0.29) is 5.82 Å². The number of rotatable bonds is 3. The van der Waals surface area contributed by atoms with Crippen LogP contribution in [0.25, 0.3) is 11.5 Å². The molecule has 0 amide bonds. The van der Waals surface area contributed by atoms with Crippen molar-refractivity contribution >= 4 is 0 Å². The molecule has 2 aliphatic heterocycles. The predicted octanol–water partition coefficient (Wildman–Crippen LogP) is 2.66. The summed E-state index contributed by atoms with van der Waals surface area (Å²) in [5.41, 5.74) is 1.61. The van der Waals surface area contributed by atoms with Crippen molar-refractivity contribution in [2.24, 2.45) is 5.92 Å². The number of fused-ring (bicyclic) bond motifs is 1. The van der Waals surface area contributed by atoms with Gasteiger partial charge in [-0.05, 0) is 43.5 Å². The summed E-state index contributed by atoms with van der Waals surface area (Å²) in [5, 5.41) is 3.58. The molecule has 2 aromatic rings. The minimum atomic E-state index is -0.270. The summed E-state index contributed by atoms with van der Waals surface area (Å²) in [6.45, 7) is 4.18. The Balaban J connectivity index is 1.44. The highest BCUT2D eigenvalue weighted by molar-refractivity contribution is 5.52. The molecule has 5 heteroatoms. The summed E-state index contributed by atoms with van der Waals surface area (Å²) < 4.78 is 18.8. The lowest BCUT2D eigenvalue weighted by Gasteiger charge is -2.34. The molecule has 0 radical (unpaired) electrons. The van der Waals surface area contributed by atoms with Crippen molar-refractivity contribution < 1.29 is 8.81 Å².